The highest BCUT2D eigenvalue weighted by atomic mass is 19.1. The molecule has 0 saturated carbocycles. The van der Waals surface area contributed by atoms with Crippen molar-refractivity contribution in [1.82, 2.24) is 4.90 Å². The van der Waals surface area contributed by atoms with Gasteiger partial charge in [0.15, 0.2) is 0 Å². The highest BCUT2D eigenvalue weighted by Crippen LogP contribution is 2.14. The van der Waals surface area contributed by atoms with Crippen LogP contribution in [0.15, 0.2) is 24.3 Å². The van der Waals surface area contributed by atoms with Gasteiger partial charge in [0.2, 0.25) is 5.91 Å². The third-order valence-corrected chi connectivity index (χ3v) is 3.15. The Morgan fingerprint density at radius 3 is 2.75 bits per heavy atom. The first-order valence-electron chi connectivity index (χ1n) is 6.86. The van der Waals surface area contributed by atoms with Crippen molar-refractivity contribution in [3.63, 3.8) is 0 Å². The van der Waals surface area contributed by atoms with Crippen molar-refractivity contribution in [3.05, 3.63) is 30.1 Å². The number of carbonyl (C=O) groups excluding carboxylic acids is 1. The van der Waals surface area contributed by atoms with Gasteiger partial charge in [0.25, 0.3) is 0 Å². The lowest BCUT2D eigenvalue weighted by molar-refractivity contribution is -0.143. The molecule has 0 bridgehead atoms. The first-order chi connectivity index (χ1) is 9.54. The fourth-order valence-electron chi connectivity index (χ4n) is 2.35. The number of halogens is 1. The molecule has 2 rings (SSSR count). The Balaban J connectivity index is 1.77. The standard InChI is InChI=1S/C15H20FNO3/c1-11-9-17(10-12(2)20-11)15(18)6-7-19-14-5-3-4-13(16)8-14/h3-5,8,11-12H,6-7,9-10H2,1-2H3/t11-,12-/m1/s1. The number of hydrogen-bond acceptors (Lipinski definition) is 3. The molecule has 1 aromatic carbocycles. The lowest BCUT2D eigenvalue weighted by Crippen LogP contribution is -2.48. The maximum Gasteiger partial charge on any atom is 0.226 e. The minimum Gasteiger partial charge on any atom is -0.493 e. The van der Waals surface area contributed by atoms with Gasteiger partial charge in [0.1, 0.15) is 11.6 Å². The molecule has 0 aliphatic carbocycles. The van der Waals surface area contributed by atoms with E-state index in [1.165, 1.54) is 12.1 Å². The Bertz CT molecular complexity index is 456. The summed E-state index contributed by atoms with van der Waals surface area (Å²) in [6.45, 7) is 5.40. The monoisotopic (exact) mass is 281 g/mol. The summed E-state index contributed by atoms with van der Waals surface area (Å²) in [5.74, 6) is 0.148. The van der Waals surface area contributed by atoms with Crippen molar-refractivity contribution in [3.8, 4) is 5.75 Å². The fraction of sp³-hybridized carbons (Fsp3) is 0.533. The van der Waals surface area contributed by atoms with E-state index in [0.29, 0.717) is 18.8 Å². The summed E-state index contributed by atoms with van der Waals surface area (Å²) in [6, 6.07) is 5.92. The van der Waals surface area contributed by atoms with E-state index in [2.05, 4.69) is 0 Å². The van der Waals surface area contributed by atoms with Gasteiger partial charge in [0, 0.05) is 19.2 Å². The Labute approximate surface area is 118 Å². The SMILES string of the molecule is C[C@@H]1CN(C(=O)CCOc2cccc(F)c2)C[C@@H](C)O1. The zero-order valence-electron chi connectivity index (χ0n) is 11.8. The Hall–Kier alpha value is -1.62. The van der Waals surface area contributed by atoms with Gasteiger partial charge in [-0.1, -0.05) is 6.07 Å². The number of amides is 1. The second-order valence-corrected chi connectivity index (χ2v) is 5.11. The Kier molecular flexibility index (Phi) is 4.95. The Morgan fingerprint density at radius 1 is 1.40 bits per heavy atom. The van der Waals surface area contributed by atoms with E-state index >= 15 is 0 Å². The number of hydrogen-bond donors (Lipinski definition) is 0. The third-order valence-electron chi connectivity index (χ3n) is 3.15. The second-order valence-electron chi connectivity index (χ2n) is 5.11. The molecule has 110 valence electrons. The number of rotatable bonds is 4. The van der Waals surface area contributed by atoms with Gasteiger partial charge >= 0.3 is 0 Å². The maximum absolute atomic E-state index is 13.0. The molecule has 0 radical (unpaired) electrons. The van der Waals surface area contributed by atoms with Crippen LogP contribution in [0.5, 0.6) is 5.75 Å². The predicted octanol–water partition coefficient (Wildman–Crippen LogP) is 2.23. The van der Waals surface area contributed by atoms with E-state index in [4.69, 9.17) is 9.47 Å². The highest BCUT2D eigenvalue weighted by Gasteiger charge is 2.25. The number of carbonyl (C=O) groups is 1. The molecule has 5 heteroatoms. The van der Waals surface area contributed by atoms with Crippen LogP contribution in [0.1, 0.15) is 20.3 Å². The van der Waals surface area contributed by atoms with Crippen LogP contribution in [0.3, 0.4) is 0 Å². The van der Waals surface area contributed by atoms with E-state index in [1.807, 2.05) is 13.8 Å². The molecule has 1 fully saturated rings. The normalized spacial score (nSPS) is 22.6. The van der Waals surface area contributed by atoms with Crippen molar-refractivity contribution in [2.75, 3.05) is 19.7 Å². The van der Waals surface area contributed by atoms with Crippen LogP contribution in [0.2, 0.25) is 0 Å². The van der Waals surface area contributed by atoms with Gasteiger partial charge < -0.3 is 14.4 Å². The molecular formula is C15H20FNO3. The van der Waals surface area contributed by atoms with Gasteiger partial charge in [-0.3, -0.25) is 4.79 Å². The minimum atomic E-state index is -0.343. The van der Waals surface area contributed by atoms with E-state index in [1.54, 1.807) is 17.0 Å². The molecule has 1 aliphatic rings. The summed E-state index contributed by atoms with van der Waals surface area (Å²) in [5, 5.41) is 0. The Morgan fingerprint density at radius 2 is 2.10 bits per heavy atom. The van der Waals surface area contributed by atoms with Gasteiger partial charge in [-0.15, -0.1) is 0 Å². The van der Waals surface area contributed by atoms with Crippen molar-refractivity contribution in [2.45, 2.75) is 32.5 Å². The molecule has 0 unspecified atom stereocenters. The van der Waals surface area contributed by atoms with E-state index in [9.17, 15) is 9.18 Å². The van der Waals surface area contributed by atoms with Gasteiger partial charge in [-0.05, 0) is 26.0 Å². The maximum atomic E-state index is 13.0. The van der Waals surface area contributed by atoms with Crippen molar-refractivity contribution >= 4 is 5.91 Å². The molecule has 0 N–H and O–H groups in total. The minimum absolute atomic E-state index is 0.0448. The number of ether oxygens (including phenoxy) is 2. The van der Waals surface area contributed by atoms with Gasteiger partial charge in [-0.2, -0.15) is 0 Å². The first-order valence-corrected chi connectivity index (χ1v) is 6.86. The predicted molar refractivity (Wildman–Crippen MR) is 73.1 cm³/mol. The second kappa shape index (κ2) is 6.70. The zero-order valence-corrected chi connectivity index (χ0v) is 11.8. The quantitative estimate of drug-likeness (QED) is 0.849. The third kappa shape index (κ3) is 4.20. The van der Waals surface area contributed by atoms with E-state index in [0.717, 1.165) is 0 Å². The summed E-state index contributed by atoms with van der Waals surface area (Å²) in [4.78, 5) is 13.9. The average Bonchev–Trinajstić information content (AvgIpc) is 2.37. The molecular weight excluding hydrogens is 261 g/mol. The molecule has 0 spiro atoms. The van der Waals surface area contributed by atoms with Crippen LogP contribution >= 0.6 is 0 Å². The van der Waals surface area contributed by atoms with Crippen molar-refractivity contribution in [2.24, 2.45) is 0 Å². The van der Waals surface area contributed by atoms with Crippen LogP contribution in [0.4, 0.5) is 4.39 Å². The molecule has 1 amide bonds. The molecule has 1 aromatic rings. The van der Waals surface area contributed by atoms with Crippen LogP contribution in [0.25, 0.3) is 0 Å². The smallest absolute Gasteiger partial charge is 0.226 e. The zero-order chi connectivity index (χ0) is 14.5. The first kappa shape index (κ1) is 14.8. The molecule has 20 heavy (non-hydrogen) atoms. The topological polar surface area (TPSA) is 38.8 Å². The van der Waals surface area contributed by atoms with Crippen LogP contribution in [-0.4, -0.2) is 42.7 Å². The average molecular weight is 281 g/mol. The molecule has 4 nitrogen and oxygen atoms in total. The number of nitrogens with zero attached hydrogens (tertiary/aromatic N) is 1. The van der Waals surface area contributed by atoms with Crippen molar-refractivity contribution < 1.29 is 18.7 Å². The van der Waals surface area contributed by atoms with E-state index in [-0.39, 0.29) is 37.0 Å². The molecule has 0 aromatic heterocycles. The van der Waals surface area contributed by atoms with Crippen LogP contribution in [0, 0.1) is 5.82 Å². The lowest BCUT2D eigenvalue weighted by atomic mass is 10.2. The fourth-order valence-corrected chi connectivity index (χ4v) is 2.35. The highest BCUT2D eigenvalue weighted by molar-refractivity contribution is 5.76. The summed E-state index contributed by atoms with van der Waals surface area (Å²) in [6.07, 6.45) is 0.411. The van der Waals surface area contributed by atoms with Crippen LogP contribution in [-0.2, 0) is 9.53 Å². The molecule has 2 atom stereocenters. The summed E-state index contributed by atoms with van der Waals surface area (Å²) in [7, 11) is 0. The summed E-state index contributed by atoms with van der Waals surface area (Å²) >= 11 is 0. The number of benzene rings is 1. The summed E-state index contributed by atoms with van der Waals surface area (Å²) in [5.41, 5.74) is 0. The van der Waals surface area contributed by atoms with Gasteiger partial charge in [-0.25, -0.2) is 4.39 Å². The number of morpholine rings is 1. The van der Waals surface area contributed by atoms with Crippen LogP contribution < -0.4 is 4.74 Å². The lowest BCUT2D eigenvalue weighted by Gasteiger charge is -2.35. The van der Waals surface area contributed by atoms with Crippen molar-refractivity contribution in [1.29, 1.82) is 0 Å². The molecule has 1 saturated heterocycles. The summed E-state index contributed by atoms with van der Waals surface area (Å²) < 4.78 is 23.9. The molecule has 1 heterocycles. The molecule has 1 aliphatic heterocycles. The van der Waals surface area contributed by atoms with Gasteiger partial charge in [0.05, 0.1) is 25.2 Å². The largest absolute Gasteiger partial charge is 0.493 e. The van der Waals surface area contributed by atoms with E-state index < -0.39 is 0 Å².